The van der Waals surface area contributed by atoms with Crippen molar-refractivity contribution in [3.8, 4) is 45.1 Å². The number of furan rings is 1. The Balaban J connectivity index is 1.14. The molecule has 5 heteroatoms. The van der Waals surface area contributed by atoms with Crippen molar-refractivity contribution in [3.63, 3.8) is 0 Å². The Morgan fingerprint density at radius 3 is 1.61 bits per heavy atom. The van der Waals surface area contributed by atoms with E-state index in [0.717, 1.165) is 72.1 Å². The van der Waals surface area contributed by atoms with Crippen molar-refractivity contribution in [3.05, 3.63) is 194 Å². The third-order valence-corrected chi connectivity index (χ3v) is 11.3. The summed E-state index contributed by atoms with van der Waals surface area (Å²) in [7, 11) is 0. The Bertz CT molecular complexity index is 3490. The monoisotopic (exact) mass is 728 g/mol. The minimum Gasteiger partial charge on any atom is -0.452 e. The smallest absolute Gasteiger partial charge is 0.180 e. The molecule has 8 aromatic carbocycles. The molecule has 4 aromatic heterocycles. The van der Waals surface area contributed by atoms with Crippen LogP contribution in [0.3, 0.4) is 0 Å². The van der Waals surface area contributed by atoms with E-state index in [4.69, 9.17) is 14.4 Å². The van der Waals surface area contributed by atoms with Gasteiger partial charge in [-0.15, -0.1) is 0 Å². The first-order valence-corrected chi connectivity index (χ1v) is 19.3. The van der Waals surface area contributed by atoms with Crippen LogP contribution in [0.4, 0.5) is 0 Å². The zero-order valence-corrected chi connectivity index (χ0v) is 30.7. The molecule has 0 unspecified atom stereocenters. The summed E-state index contributed by atoms with van der Waals surface area (Å²) in [5.74, 6) is 0.662. The molecule has 0 aliphatic carbocycles. The number of rotatable bonds is 5. The number of para-hydroxylation sites is 3. The SMILES string of the molecule is c1ccc(-c2nc(-c3ccccc3)c3oc4ccc5c6cc(-c7ccc8c(c7)c7ccccc7n8-c7ccccc7)ccc6n(-c6ccccc6)c5c4c3n2)cc1. The molecule has 266 valence electrons. The fourth-order valence-corrected chi connectivity index (χ4v) is 8.77. The lowest BCUT2D eigenvalue weighted by Gasteiger charge is -2.10. The lowest BCUT2D eigenvalue weighted by Crippen LogP contribution is -1.95. The molecule has 0 saturated carbocycles. The maximum Gasteiger partial charge on any atom is 0.180 e. The van der Waals surface area contributed by atoms with E-state index in [2.05, 4.69) is 167 Å². The van der Waals surface area contributed by atoms with E-state index in [1.54, 1.807) is 0 Å². The summed E-state index contributed by atoms with van der Waals surface area (Å²) in [6.45, 7) is 0. The molecule has 12 rings (SSSR count). The van der Waals surface area contributed by atoms with Crippen LogP contribution < -0.4 is 0 Å². The molecule has 0 radical (unpaired) electrons. The Labute approximate surface area is 327 Å². The molecule has 4 heterocycles. The van der Waals surface area contributed by atoms with Gasteiger partial charge < -0.3 is 13.6 Å². The van der Waals surface area contributed by atoms with Gasteiger partial charge >= 0.3 is 0 Å². The highest BCUT2D eigenvalue weighted by molar-refractivity contribution is 6.25. The van der Waals surface area contributed by atoms with Gasteiger partial charge in [-0.2, -0.15) is 0 Å². The highest BCUT2D eigenvalue weighted by atomic mass is 16.3. The second-order valence-electron chi connectivity index (χ2n) is 14.6. The van der Waals surface area contributed by atoms with Crippen molar-refractivity contribution in [2.24, 2.45) is 0 Å². The minimum atomic E-state index is 0.662. The van der Waals surface area contributed by atoms with Crippen molar-refractivity contribution in [2.75, 3.05) is 0 Å². The van der Waals surface area contributed by atoms with Crippen LogP contribution in [0.2, 0.25) is 0 Å². The third-order valence-electron chi connectivity index (χ3n) is 11.3. The minimum absolute atomic E-state index is 0.662. The van der Waals surface area contributed by atoms with E-state index in [1.165, 1.54) is 27.4 Å². The van der Waals surface area contributed by atoms with E-state index in [-0.39, 0.29) is 0 Å². The van der Waals surface area contributed by atoms with Gasteiger partial charge in [-0.05, 0) is 77.9 Å². The number of benzene rings is 8. The van der Waals surface area contributed by atoms with Crippen molar-refractivity contribution in [1.82, 2.24) is 19.1 Å². The molecule has 12 aromatic rings. The van der Waals surface area contributed by atoms with Crippen molar-refractivity contribution in [1.29, 1.82) is 0 Å². The number of hydrogen-bond acceptors (Lipinski definition) is 3. The second kappa shape index (κ2) is 12.4. The summed E-state index contributed by atoms with van der Waals surface area (Å²) >= 11 is 0. The first-order valence-electron chi connectivity index (χ1n) is 19.3. The zero-order chi connectivity index (χ0) is 37.5. The fraction of sp³-hybridized carbons (Fsp3) is 0. The lowest BCUT2D eigenvalue weighted by molar-refractivity contribution is 0.667. The van der Waals surface area contributed by atoms with Crippen LogP contribution in [0.5, 0.6) is 0 Å². The van der Waals surface area contributed by atoms with Gasteiger partial charge in [0, 0.05) is 44.0 Å². The summed E-state index contributed by atoms with van der Waals surface area (Å²) in [6, 6.07) is 68.4. The van der Waals surface area contributed by atoms with Gasteiger partial charge in [0.05, 0.1) is 27.5 Å². The molecule has 0 atom stereocenters. The Morgan fingerprint density at radius 1 is 0.386 bits per heavy atom. The number of nitrogens with zero attached hydrogens (tertiary/aromatic N) is 4. The van der Waals surface area contributed by atoms with Gasteiger partial charge in [-0.25, -0.2) is 9.97 Å². The quantitative estimate of drug-likeness (QED) is 0.177. The average Bonchev–Trinajstić information content (AvgIpc) is 3.94. The molecule has 0 fully saturated rings. The van der Waals surface area contributed by atoms with E-state index < -0.39 is 0 Å². The van der Waals surface area contributed by atoms with Crippen LogP contribution in [0, 0.1) is 0 Å². The van der Waals surface area contributed by atoms with Crippen LogP contribution in [-0.4, -0.2) is 19.1 Å². The molecule has 57 heavy (non-hydrogen) atoms. The summed E-state index contributed by atoms with van der Waals surface area (Å²) in [6.07, 6.45) is 0. The first-order chi connectivity index (χ1) is 28.3. The molecule has 0 amide bonds. The summed E-state index contributed by atoms with van der Waals surface area (Å²) < 4.78 is 11.5. The maximum atomic E-state index is 6.79. The Kier molecular flexibility index (Phi) is 6.86. The molecule has 0 aliphatic rings. The van der Waals surface area contributed by atoms with E-state index in [1.807, 2.05) is 36.4 Å². The van der Waals surface area contributed by atoms with Crippen molar-refractivity contribution < 1.29 is 4.42 Å². The Hall–Kier alpha value is -7.76. The van der Waals surface area contributed by atoms with Crippen molar-refractivity contribution >= 4 is 65.7 Å². The topological polar surface area (TPSA) is 48.8 Å². The second-order valence-corrected chi connectivity index (χ2v) is 14.6. The highest BCUT2D eigenvalue weighted by Gasteiger charge is 2.24. The summed E-state index contributed by atoms with van der Waals surface area (Å²) in [5.41, 5.74) is 14.1. The van der Waals surface area contributed by atoms with E-state index in [0.29, 0.717) is 11.4 Å². The average molecular weight is 729 g/mol. The van der Waals surface area contributed by atoms with Crippen molar-refractivity contribution in [2.45, 2.75) is 0 Å². The highest BCUT2D eigenvalue weighted by Crippen LogP contribution is 2.44. The van der Waals surface area contributed by atoms with Gasteiger partial charge in [0.15, 0.2) is 11.4 Å². The molecular formula is C52H32N4O. The molecule has 5 nitrogen and oxygen atoms in total. The standard InChI is InChI=1S/C52H32N4O/c1-5-15-33(16-6-1)48-51-49(54-52(53-48)34-17-7-2-8-18-34)47-46(57-51)30-27-40-42-32-36(26-29-45(42)56(50(40)47)38-21-11-4-12-22-38)35-25-28-44-41(31-35)39-23-13-14-24-43(39)55(44)37-19-9-3-10-20-37/h1-32H. The van der Waals surface area contributed by atoms with E-state index in [9.17, 15) is 0 Å². The summed E-state index contributed by atoms with van der Waals surface area (Å²) in [5, 5.41) is 5.73. The largest absolute Gasteiger partial charge is 0.452 e. The van der Waals surface area contributed by atoms with Crippen LogP contribution in [-0.2, 0) is 0 Å². The van der Waals surface area contributed by atoms with Gasteiger partial charge in [-0.1, -0.05) is 127 Å². The van der Waals surface area contributed by atoms with Crippen LogP contribution >= 0.6 is 0 Å². The molecule has 0 N–H and O–H groups in total. The number of fused-ring (bicyclic) bond motifs is 10. The van der Waals surface area contributed by atoms with Crippen LogP contribution in [0.1, 0.15) is 0 Å². The molecular weight excluding hydrogens is 697 g/mol. The predicted octanol–water partition coefficient (Wildman–Crippen LogP) is 13.6. The molecule has 0 spiro atoms. The summed E-state index contributed by atoms with van der Waals surface area (Å²) in [4.78, 5) is 10.4. The van der Waals surface area contributed by atoms with Gasteiger partial charge in [0.2, 0.25) is 0 Å². The predicted molar refractivity (Wildman–Crippen MR) is 234 cm³/mol. The molecule has 0 saturated heterocycles. The zero-order valence-electron chi connectivity index (χ0n) is 30.7. The fourth-order valence-electron chi connectivity index (χ4n) is 8.77. The first kappa shape index (κ1) is 31.6. The number of aromatic nitrogens is 4. The Morgan fingerprint density at radius 2 is 0.930 bits per heavy atom. The van der Waals surface area contributed by atoms with E-state index >= 15 is 0 Å². The van der Waals surface area contributed by atoms with Crippen LogP contribution in [0.15, 0.2) is 199 Å². The molecule has 0 aliphatic heterocycles. The maximum absolute atomic E-state index is 6.79. The van der Waals surface area contributed by atoms with Gasteiger partial charge in [0.1, 0.15) is 16.8 Å². The van der Waals surface area contributed by atoms with Gasteiger partial charge in [-0.3, -0.25) is 0 Å². The van der Waals surface area contributed by atoms with Gasteiger partial charge in [0.25, 0.3) is 0 Å². The lowest BCUT2D eigenvalue weighted by atomic mass is 10.0. The number of hydrogen-bond donors (Lipinski definition) is 0. The third kappa shape index (κ3) is 4.82. The van der Waals surface area contributed by atoms with Crippen LogP contribution in [0.25, 0.3) is 111 Å². The normalized spacial score (nSPS) is 11.9. The molecule has 0 bridgehead atoms.